The van der Waals surface area contributed by atoms with Crippen LogP contribution >= 0.6 is 0 Å². The Labute approximate surface area is 260 Å². The average molecular weight is 644 g/mol. The fourth-order valence-electron chi connectivity index (χ4n) is 4.43. The number of ether oxygens (including phenoxy) is 3. The van der Waals surface area contributed by atoms with E-state index < -0.39 is 27.5 Å². The van der Waals surface area contributed by atoms with Gasteiger partial charge in [0, 0.05) is 36.9 Å². The molecule has 0 aliphatic rings. The summed E-state index contributed by atoms with van der Waals surface area (Å²) in [6, 6.07) is 4.68. The van der Waals surface area contributed by atoms with E-state index in [0.29, 0.717) is 53.3 Å². The molecule has 4 aromatic rings. The zero-order valence-electron chi connectivity index (χ0n) is 26.0. The lowest BCUT2D eigenvalue weighted by Crippen LogP contribution is -2.28. The van der Waals surface area contributed by atoms with E-state index >= 15 is 0 Å². The van der Waals surface area contributed by atoms with E-state index in [1.807, 2.05) is 0 Å². The molecule has 16 heteroatoms. The number of sulfonamides is 1. The minimum atomic E-state index is -3.73. The third kappa shape index (κ3) is 8.99. The molecule has 0 atom stereocenters. The molecule has 0 saturated heterocycles. The minimum absolute atomic E-state index is 0.147. The van der Waals surface area contributed by atoms with E-state index in [9.17, 15) is 22.8 Å². The molecule has 3 N–H and O–H groups in total. The van der Waals surface area contributed by atoms with Gasteiger partial charge in [-0.3, -0.25) is 19.1 Å². The topological polar surface area (TPSA) is 184 Å². The van der Waals surface area contributed by atoms with E-state index in [-0.39, 0.29) is 30.3 Å². The van der Waals surface area contributed by atoms with Gasteiger partial charge < -0.3 is 29.4 Å². The van der Waals surface area contributed by atoms with Crippen LogP contribution in [0, 0.1) is 0 Å². The van der Waals surface area contributed by atoms with Crippen molar-refractivity contribution in [2.75, 3.05) is 49.8 Å². The zero-order chi connectivity index (χ0) is 32.9. The number of hydrogen-bond acceptors (Lipinski definition) is 11. The Morgan fingerprint density at radius 2 is 1.78 bits per heavy atom. The second-order valence-corrected chi connectivity index (χ2v) is 13.0. The van der Waals surface area contributed by atoms with Crippen LogP contribution in [-0.4, -0.2) is 90.6 Å². The van der Waals surface area contributed by atoms with Gasteiger partial charge in [0.05, 0.1) is 61.0 Å². The maximum absolute atomic E-state index is 12.7. The van der Waals surface area contributed by atoms with Crippen LogP contribution in [-0.2, 0) is 35.6 Å². The molecule has 15 nitrogen and oxygen atoms in total. The number of aromatic nitrogens is 4. The molecule has 0 bridgehead atoms. The van der Waals surface area contributed by atoms with Gasteiger partial charge in [0.2, 0.25) is 10.0 Å². The first-order valence-corrected chi connectivity index (χ1v) is 15.9. The van der Waals surface area contributed by atoms with Crippen molar-refractivity contribution >= 4 is 61.3 Å². The molecule has 0 aliphatic carbocycles. The first kappa shape index (κ1) is 33.4. The number of nitrogens with one attached hydrogen (secondary N) is 3. The molecule has 3 heterocycles. The molecule has 0 fully saturated rings. The zero-order valence-corrected chi connectivity index (χ0v) is 26.8. The Balaban J connectivity index is 1.65. The summed E-state index contributed by atoms with van der Waals surface area (Å²) in [4.78, 5) is 42.1. The first-order valence-electron chi connectivity index (χ1n) is 14.0. The molecular formula is C29H37N7O8S. The number of Topliss-reactive ketones (excluding diaryl/α,β-unsaturated/α-hetero) is 1. The van der Waals surface area contributed by atoms with Crippen molar-refractivity contribution in [3.05, 3.63) is 48.0 Å². The number of nitrogens with zero attached hydrogens (tertiary/aromatic N) is 4. The number of carbonyl (C=O) groups is 3. The molecule has 0 radical (unpaired) electrons. The number of amides is 1. The summed E-state index contributed by atoms with van der Waals surface area (Å²) in [5.41, 5.74) is 1.53. The van der Waals surface area contributed by atoms with Crippen LogP contribution in [0.25, 0.3) is 16.6 Å². The van der Waals surface area contributed by atoms with Gasteiger partial charge in [-0.05, 0) is 39.8 Å². The van der Waals surface area contributed by atoms with Crippen molar-refractivity contribution in [2.24, 2.45) is 0 Å². The Morgan fingerprint density at radius 3 is 2.44 bits per heavy atom. The van der Waals surface area contributed by atoms with Crippen LogP contribution in [0.15, 0.2) is 36.8 Å². The second-order valence-electron chi connectivity index (χ2n) is 11.3. The van der Waals surface area contributed by atoms with Gasteiger partial charge in [-0.2, -0.15) is 5.10 Å². The molecule has 0 spiro atoms. The fraction of sp³-hybridized carbons (Fsp3) is 0.414. The lowest BCUT2D eigenvalue weighted by molar-refractivity contribution is -0.155. The normalized spacial score (nSPS) is 12.0. The van der Waals surface area contributed by atoms with Crippen LogP contribution in [0.2, 0.25) is 0 Å². The molecule has 1 amide bonds. The third-order valence-electron chi connectivity index (χ3n) is 6.20. The molecule has 242 valence electrons. The number of hydrogen-bond donors (Lipinski definition) is 3. The number of fused-ring (bicyclic) bond motifs is 2. The van der Waals surface area contributed by atoms with Crippen molar-refractivity contribution in [3.8, 4) is 0 Å². The number of ketones is 1. The lowest BCUT2D eigenvalue weighted by atomic mass is 10.1. The van der Waals surface area contributed by atoms with Gasteiger partial charge in [0.1, 0.15) is 12.1 Å². The van der Waals surface area contributed by atoms with Crippen molar-refractivity contribution in [1.29, 1.82) is 0 Å². The van der Waals surface area contributed by atoms with Gasteiger partial charge in [0.15, 0.2) is 17.1 Å². The highest BCUT2D eigenvalue weighted by Gasteiger charge is 2.22. The summed E-state index contributed by atoms with van der Waals surface area (Å²) in [7, 11) is -2.15. The Bertz CT molecular complexity index is 1840. The van der Waals surface area contributed by atoms with Crippen LogP contribution in [0.4, 0.5) is 17.1 Å². The molecule has 3 aromatic heterocycles. The summed E-state index contributed by atoms with van der Waals surface area (Å²) in [6.07, 6.45) is 5.64. The maximum atomic E-state index is 12.7. The molecule has 4 rings (SSSR count). The highest BCUT2D eigenvalue weighted by Crippen LogP contribution is 2.34. The number of methoxy groups -OCH3 is 1. The molecule has 0 unspecified atom stereocenters. The van der Waals surface area contributed by atoms with Crippen molar-refractivity contribution < 1.29 is 37.0 Å². The average Bonchev–Trinajstić information content (AvgIpc) is 3.50. The fourth-order valence-corrected chi connectivity index (χ4v) is 5.00. The van der Waals surface area contributed by atoms with Crippen LogP contribution in [0.3, 0.4) is 0 Å². The lowest BCUT2D eigenvalue weighted by Gasteiger charge is -2.20. The molecular weight excluding hydrogens is 606 g/mol. The van der Waals surface area contributed by atoms with E-state index in [1.165, 1.54) is 29.8 Å². The molecule has 1 aromatic carbocycles. The molecule has 0 saturated carbocycles. The van der Waals surface area contributed by atoms with E-state index in [0.717, 1.165) is 6.26 Å². The van der Waals surface area contributed by atoms with Gasteiger partial charge in [-0.25, -0.2) is 17.9 Å². The largest absolute Gasteiger partial charge is 0.459 e. The quantitative estimate of drug-likeness (QED) is 0.104. The monoisotopic (exact) mass is 643 g/mol. The smallest absolute Gasteiger partial charge is 0.326 e. The van der Waals surface area contributed by atoms with E-state index in [4.69, 9.17) is 14.2 Å². The van der Waals surface area contributed by atoms with E-state index in [1.54, 1.807) is 50.9 Å². The maximum Gasteiger partial charge on any atom is 0.326 e. The predicted octanol–water partition coefficient (Wildman–Crippen LogP) is 2.74. The van der Waals surface area contributed by atoms with E-state index in [2.05, 4.69) is 25.4 Å². The summed E-state index contributed by atoms with van der Waals surface area (Å²) in [5.74, 6) is -1.17. The summed E-state index contributed by atoms with van der Waals surface area (Å²) in [5, 5.41) is 10.6. The highest BCUT2D eigenvalue weighted by molar-refractivity contribution is 7.92. The number of anilines is 3. The summed E-state index contributed by atoms with van der Waals surface area (Å²) in [6.45, 7) is 7.96. The van der Waals surface area contributed by atoms with Crippen LogP contribution in [0.1, 0.15) is 48.5 Å². The van der Waals surface area contributed by atoms with Gasteiger partial charge in [-0.1, -0.05) is 0 Å². The Morgan fingerprint density at radius 1 is 1.02 bits per heavy atom. The van der Waals surface area contributed by atoms with Crippen molar-refractivity contribution in [1.82, 2.24) is 24.5 Å². The highest BCUT2D eigenvalue weighted by atomic mass is 32.2. The first-order chi connectivity index (χ1) is 21.1. The van der Waals surface area contributed by atoms with Crippen molar-refractivity contribution in [3.63, 3.8) is 0 Å². The summed E-state index contributed by atoms with van der Waals surface area (Å²) >= 11 is 0. The third-order valence-corrected chi connectivity index (χ3v) is 6.79. The number of rotatable bonds is 14. The predicted molar refractivity (Wildman–Crippen MR) is 168 cm³/mol. The van der Waals surface area contributed by atoms with Gasteiger partial charge >= 0.3 is 5.97 Å². The van der Waals surface area contributed by atoms with Gasteiger partial charge in [-0.15, -0.1) is 0 Å². The second kappa shape index (κ2) is 13.6. The SMILES string of the molecule is COCCOCCNC(=O)c1cc2ncc(Nc3cc4c(cc3NS(C)(=O)=O)c(C(C)=O)cn4CC(=O)OC(C)(C)C)cn2n1. The molecule has 0 aliphatic heterocycles. The number of carbonyl (C=O) groups excluding carboxylic acids is 3. The number of benzene rings is 1. The van der Waals surface area contributed by atoms with Crippen molar-refractivity contribution in [2.45, 2.75) is 39.8 Å². The standard InChI is InChI=1S/C29H37N7O8S/c1-18(37)21-16-35(17-27(38)44-29(2,3)4)25-12-22(23(11-20(21)25)34-45(6,40)41)32-19-14-31-26-13-24(33-36(26)15-19)28(39)30-7-8-43-10-9-42-5/h11-16,32,34H,7-10,17H2,1-6H3,(H,30,39). The van der Waals surface area contributed by atoms with Gasteiger partial charge in [0.25, 0.3) is 5.91 Å². The Kier molecular flexibility index (Phi) is 10.1. The minimum Gasteiger partial charge on any atom is -0.459 e. The summed E-state index contributed by atoms with van der Waals surface area (Å²) < 4.78 is 45.8. The van der Waals surface area contributed by atoms with Crippen LogP contribution in [0.5, 0.6) is 0 Å². The Hall–Kier alpha value is -4.54. The number of esters is 1. The van der Waals surface area contributed by atoms with Crippen LogP contribution < -0.4 is 15.4 Å². The molecule has 45 heavy (non-hydrogen) atoms.